The predicted molar refractivity (Wildman–Crippen MR) is 130 cm³/mol. The van der Waals surface area contributed by atoms with E-state index in [9.17, 15) is 4.79 Å². The number of thiocarbonyl (C=S) groups is 1. The summed E-state index contributed by atoms with van der Waals surface area (Å²) in [5.41, 5.74) is 1.83. The lowest BCUT2D eigenvalue weighted by molar-refractivity contribution is 0.113. The summed E-state index contributed by atoms with van der Waals surface area (Å²) in [5, 5.41) is 7.57. The highest BCUT2D eigenvalue weighted by atomic mass is 35.5. The van der Waals surface area contributed by atoms with Gasteiger partial charge in [-0.25, -0.2) is 4.79 Å². The van der Waals surface area contributed by atoms with Crippen LogP contribution in [0.1, 0.15) is 18.4 Å². The summed E-state index contributed by atoms with van der Waals surface area (Å²) in [6.07, 6.45) is 2.14. The van der Waals surface area contributed by atoms with Crippen molar-refractivity contribution in [3.63, 3.8) is 0 Å². The number of anilines is 2. The van der Waals surface area contributed by atoms with Crippen molar-refractivity contribution in [3.8, 4) is 5.75 Å². The number of benzene rings is 2. The van der Waals surface area contributed by atoms with Crippen molar-refractivity contribution in [2.45, 2.75) is 25.9 Å². The van der Waals surface area contributed by atoms with Crippen molar-refractivity contribution in [1.82, 2.24) is 4.90 Å². The minimum absolute atomic E-state index is 0.176. The van der Waals surface area contributed by atoms with Crippen molar-refractivity contribution in [1.29, 1.82) is 0 Å². The lowest BCUT2D eigenvalue weighted by atomic mass is 10.1. The number of hydrogen-bond donors (Lipinski definition) is 2. The molecule has 1 saturated heterocycles. The van der Waals surface area contributed by atoms with Gasteiger partial charge in [0.05, 0.1) is 0 Å². The third-order valence-electron chi connectivity index (χ3n) is 5.39. The molecule has 0 amide bonds. The summed E-state index contributed by atoms with van der Waals surface area (Å²) in [6, 6.07) is 12.7. The molecular weight excluding hydrogens is 434 g/mol. The summed E-state index contributed by atoms with van der Waals surface area (Å²) in [5.74, 6) is 0.754. The zero-order chi connectivity index (χ0) is 22.0. The lowest BCUT2D eigenvalue weighted by Gasteiger charge is -2.29. The number of likely N-dealkylation sites (tertiary alicyclic amines) is 1. The third-order valence-corrected chi connectivity index (χ3v) is 5.83. The summed E-state index contributed by atoms with van der Waals surface area (Å²) in [4.78, 5) is 14.9. The first-order valence-electron chi connectivity index (χ1n) is 10.2. The number of halogens is 1. The maximum absolute atomic E-state index is 12.6. The van der Waals surface area contributed by atoms with E-state index in [-0.39, 0.29) is 16.9 Å². The number of nitrogens with zero attached hydrogens (tertiary/aromatic N) is 1. The highest BCUT2D eigenvalue weighted by Crippen LogP contribution is 2.30. The van der Waals surface area contributed by atoms with Gasteiger partial charge in [0.15, 0.2) is 5.11 Å². The molecule has 2 N–H and O–H groups in total. The first-order chi connectivity index (χ1) is 14.9. The van der Waals surface area contributed by atoms with Gasteiger partial charge in [-0.2, -0.15) is 0 Å². The fraction of sp³-hybridized carbons (Fsp3) is 0.304. The SMILES string of the molecule is Cc1c(OC2CCN(C)CC2)ccc2cc(NC(=S)Nc3cccc(Cl)c3)c(=O)oc12. The highest BCUT2D eigenvalue weighted by molar-refractivity contribution is 7.80. The summed E-state index contributed by atoms with van der Waals surface area (Å²) in [6.45, 7) is 3.95. The van der Waals surface area contributed by atoms with Crippen molar-refractivity contribution < 1.29 is 9.15 Å². The quantitative estimate of drug-likeness (QED) is 0.420. The Morgan fingerprint density at radius 3 is 2.71 bits per heavy atom. The van der Waals surface area contributed by atoms with Crippen LogP contribution in [0.3, 0.4) is 0 Å². The van der Waals surface area contributed by atoms with Gasteiger partial charge in [0, 0.05) is 34.7 Å². The molecule has 0 aliphatic carbocycles. The van der Waals surface area contributed by atoms with Gasteiger partial charge in [0.25, 0.3) is 0 Å². The van der Waals surface area contributed by atoms with Crippen molar-refractivity contribution in [2.75, 3.05) is 30.8 Å². The number of hydrogen-bond acceptors (Lipinski definition) is 5. The smallest absolute Gasteiger partial charge is 0.360 e. The van der Waals surface area contributed by atoms with E-state index in [2.05, 4.69) is 22.6 Å². The molecule has 0 spiro atoms. The molecule has 1 fully saturated rings. The normalized spacial score (nSPS) is 15.1. The fourth-order valence-corrected chi connectivity index (χ4v) is 4.07. The van der Waals surface area contributed by atoms with E-state index in [0.29, 0.717) is 10.6 Å². The summed E-state index contributed by atoms with van der Waals surface area (Å²) in [7, 11) is 2.12. The molecule has 8 heteroatoms. The van der Waals surface area contributed by atoms with Crippen LogP contribution >= 0.6 is 23.8 Å². The van der Waals surface area contributed by atoms with Crippen molar-refractivity contribution in [3.05, 3.63) is 63.5 Å². The Balaban J connectivity index is 1.52. The molecule has 0 unspecified atom stereocenters. The van der Waals surface area contributed by atoms with E-state index in [1.807, 2.05) is 31.2 Å². The standard InChI is InChI=1S/C23H24ClN3O3S/c1-14-20(29-18-8-10-27(2)11-9-18)7-6-15-12-19(22(28)30-21(14)15)26-23(31)25-17-5-3-4-16(24)13-17/h3-7,12-13,18H,8-11H2,1-2H3,(H2,25,26,31). The molecule has 0 saturated carbocycles. The van der Waals surface area contributed by atoms with Crippen LogP contribution in [-0.4, -0.2) is 36.3 Å². The van der Waals surface area contributed by atoms with E-state index < -0.39 is 5.63 Å². The van der Waals surface area contributed by atoms with Crippen LogP contribution < -0.4 is 21.0 Å². The number of ether oxygens (including phenoxy) is 1. The number of fused-ring (bicyclic) bond motifs is 1. The zero-order valence-electron chi connectivity index (χ0n) is 17.4. The van der Waals surface area contributed by atoms with Crippen molar-refractivity contribution >= 4 is 51.3 Å². The maximum Gasteiger partial charge on any atom is 0.360 e. The number of rotatable bonds is 4. The van der Waals surface area contributed by atoms with Crippen LogP contribution in [-0.2, 0) is 0 Å². The summed E-state index contributed by atoms with van der Waals surface area (Å²) >= 11 is 11.3. The first-order valence-corrected chi connectivity index (χ1v) is 10.9. The predicted octanol–water partition coefficient (Wildman–Crippen LogP) is 5.04. The second-order valence-corrected chi connectivity index (χ2v) is 8.61. The molecule has 6 nitrogen and oxygen atoms in total. The molecule has 0 radical (unpaired) electrons. The van der Waals surface area contributed by atoms with Gasteiger partial charge in [-0.05, 0) is 75.4 Å². The Hall–Kier alpha value is -2.61. The largest absolute Gasteiger partial charge is 0.490 e. The molecule has 2 heterocycles. The Morgan fingerprint density at radius 2 is 1.97 bits per heavy atom. The molecule has 0 atom stereocenters. The van der Waals surface area contributed by atoms with Gasteiger partial charge >= 0.3 is 5.63 Å². The molecule has 2 aromatic carbocycles. The minimum Gasteiger partial charge on any atom is -0.490 e. The first kappa shape index (κ1) is 21.6. The Bertz CT molecular complexity index is 1170. The van der Waals surface area contributed by atoms with Crippen LogP contribution in [0.15, 0.2) is 51.7 Å². The molecule has 1 aromatic heterocycles. The monoisotopic (exact) mass is 457 g/mol. The third kappa shape index (κ3) is 5.18. The minimum atomic E-state index is -0.498. The molecule has 1 aliphatic rings. The summed E-state index contributed by atoms with van der Waals surface area (Å²) < 4.78 is 11.8. The second-order valence-electron chi connectivity index (χ2n) is 7.76. The average Bonchev–Trinajstić information content (AvgIpc) is 2.73. The van der Waals surface area contributed by atoms with E-state index in [4.69, 9.17) is 33.0 Å². The van der Waals surface area contributed by atoms with Gasteiger partial charge in [-0.15, -0.1) is 0 Å². The topological polar surface area (TPSA) is 66.7 Å². The van der Waals surface area contributed by atoms with E-state index in [1.165, 1.54) is 0 Å². The number of aryl methyl sites for hydroxylation is 1. The molecule has 4 rings (SSSR count). The van der Waals surface area contributed by atoms with Crippen LogP contribution in [0, 0.1) is 6.92 Å². The number of piperidine rings is 1. The van der Waals surface area contributed by atoms with Gasteiger partial charge in [-0.3, -0.25) is 0 Å². The van der Waals surface area contributed by atoms with Crippen LogP contribution in [0.4, 0.5) is 11.4 Å². The molecule has 31 heavy (non-hydrogen) atoms. The van der Waals surface area contributed by atoms with Crippen LogP contribution in [0.2, 0.25) is 5.02 Å². The Kier molecular flexibility index (Phi) is 6.46. The van der Waals surface area contributed by atoms with Gasteiger partial charge in [0.2, 0.25) is 0 Å². The van der Waals surface area contributed by atoms with Crippen LogP contribution in [0.25, 0.3) is 11.0 Å². The van der Waals surface area contributed by atoms with Gasteiger partial charge < -0.3 is 24.7 Å². The van der Waals surface area contributed by atoms with Crippen LogP contribution in [0.5, 0.6) is 5.75 Å². The average molecular weight is 458 g/mol. The fourth-order valence-electron chi connectivity index (χ4n) is 3.65. The molecule has 3 aromatic rings. The van der Waals surface area contributed by atoms with Gasteiger partial charge in [-0.1, -0.05) is 17.7 Å². The number of nitrogens with one attached hydrogen (secondary N) is 2. The van der Waals surface area contributed by atoms with E-state index in [0.717, 1.165) is 48.3 Å². The highest BCUT2D eigenvalue weighted by Gasteiger charge is 2.20. The Labute approximate surface area is 191 Å². The lowest BCUT2D eigenvalue weighted by Crippen LogP contribution is -2.35. The molecular formula is C23H24ClN3O3S. The Morgan fingerprint density at radius 1 is 1.19 bits per heavy atom. The van der Waals surface area contributed by atoms with Crippen molar-refractivity contribution in [2.24, 2.45) is 0 Å². The zero-order valence-corrected chi connectivity index (χ0v) is 19.0. The van der Waals surface area contributed by atoms with E-state index in [1.54, 1.807) is 18.2 Å². The molecule has 0 bridgehead atoms. The molecule has 1 aliphatic heterocycles. The molecule has 162 valence electrons. The van der Waals surface area contributed by atoms with E-state index >= 15 is 0 Å². The van der Waals surface area contributed by atoms with Gasteiger partial charge in [0.1, 0.15) is 23.1 Å². The second kappa shape index (κ2) is 9.26. The maximum atomic E-state index is 12.6.